The molecule has 1 aliphatic heterocycles. The van der Waals surface area contributed by atoms with E-state index in [1.54, 1.807) is 18.5 Å². The average molecular weight is 308 g/mol. The van der Waals surface area contributed by atoms with Gasteiger partial charge in [0.25, 0.3) is 0 Å². The third-order valence-corrected chi connectivity index (χ3v) is 3.83. The Morgan fingerprint density at radius 1 is 1.45 bits per heavy atom. The molecule has 1 saturated heterocycles. The van der Waals surface area contributed by atoms with Crippen molar-refractivity contribution < 1.29 is 19.9 Å². The van der Waals surface area contributed by atoms with Gasteiger partial charge in [0, 0.05) is 32.0 Å². The molecular weight excluding hydrogens is 283 g/mol. The Labute approximate surface area is 132 Å². The van der Waals surface area contributed by atoms with Crippen molar-refractivity contribution >= 4 is 19.3 Å². The number of aliphatic carboxylic acids is 1. The molecule has 0 aromatic carbocycles. The van der Waals surface area contributed by atoms with Crippen molar-refractivity contribution in [2.75, 3.05) is 19.6 Å². The van der Waals surface area contributed by atoms with Gasteiger partial charge < -0.3 is 15.2 Å². The highest BCUT2D eigenvalue weighted by Crippen LogP contribution is 2.28. The van der Waals surface area contributed by atoms with E-state index in [4.69, 9.17) is 10.0 Å². The van der Waals surface area contributed by atoms with Crippen molar-refractivity contribution in [3.05, 3.63) is 24.4 Å². The zero-order valence-electron chi connectivity index (χ0n) is 13.1. The number of rotatable bonds is 9. The second-order valence-corrected chi connectivity index (χ2v) is 5.82. The minimum absolute atomic E-state index is 0.0562. The second kappa shape index (κ2) is 9.56. The van der Waals surface area contributed by atoms with Crippen LogP contribution in [0.1, 0.15) is 19.8 Å². The molecule has 0 radical (unpaired) electrons. The van der Waals surface area contributed by atoms with Gasteiger partial charge in [0.1, 0.15) is 0 Å². The van der Waals surface area contributed by atoms with Gasteiger partial charge in [-0.25, -0.2) is 0 Å². The number of hydrogen-bond donors (Lipinski definition) is 3. The molecule has 3 N–H and O–H groups in total. The monoisotopic (exact) mass is 308 g/mol. The van der Waals surface area contributed by atoms with Crippen LogP contribution in [-0.2, 0) is 4.79 Å². The van der Waals surface area contributed by atoms with Gasteiger partial charge in [-0.3, -0.25) is 14.7 Å². The van der Waals surface area contributed by atoms with Crippen LogP contribution in [0.4, 0.5) is 0 Å². The largest absolute Gasteiger partial charge is 0.481 e. The maximum atomic E-state index is 11.4. The second-order valence-electron chi connectivity index (χ2n) is 5.82. The van der Waals surface area contributed by atoms with Gasteiger partial charge in [-0.1, -0.05) is 19.1 Å². The predicted molar refractivity (Wildman–Crippen MR) is 87.7 cm³/mol. The SMILES string of the molecule is C=CC=N/C=C(\C)CN1CC(CCCB(O)O)C(C(=O)O)C1. The van der Waals surface area contributed by atoms with E-state index in [9.17, 15) is 9.90 Å². The summed E-state index contributed by atoms with van der Waals surface area (Å²) < 4.78 is 0. The number of likely N-dealkylation sites (tertiary alicyclic amines) is 1. The first kappa shape index (κ1) is 18.6. The van der Waals surface area contributed by atoms with E-state index in [1.807, 2.05) is 6.92 Å². The van der Waals surface area contributed by atoms with Crippen LogP contribution in [0, 0.1) is 11.8 Å². The third kappa shape index (κ3) is 6.55. The van der Waals surface area contributed by atoms with Gasteiger partial charge in [-0.15, -0.1) is 0 Å². The maximum Gasteiger partial charge on any atom is 0.451 e. The van der Waals surface area contributed by atoms with Gasteiger partial charge in [-0.2, -0.15) is 0 Å². The first-order valence-electron chi connectivity index (χ1n) is 7.55. The lowest BCUT2D eigenvalue weighted by Gasteiger charge is -2.15. The molecule has 0 aliphatic carbocycles. The van der Waals surface area contributed by atoms with E-state index >= 15 is 0 Å². The van der Waals surface area contributed by atoms with Crippen molar-refractivity contribution in [1.82, 2.24) is 4.90 Å². The van der Waals surface area contributed by atoms with Crippen molar-refractivity contribution in [3.8, 4) is 0 Å². The number of carboxylic acid groups (broad SMARTS) is 1. The molecule has 0 spiro atoms. The fraction of sp³-hybridized carbons (Fsp3) is 0.600. The van der Waals surface area contributed by atoms with E-state index in [0.29, 0.717) is 25.9 Å². The van der Waals surface area contributed by atoms with E-state index in [1.165, 1.54) is 0 Å². The molecule has 1 heterocycles. The first-order valence-corrected chi connectivity index (χ1v) is 7.55. The summed E-state index contributed by atoms with van der Waals surface area (Å²) in [4.78, 5) is 17.6. The molecule has 0 aromatic rings. The van der Waals surface area contributed by atoms with Crippen LogP contribution in [0.25, 0.3) is 0 Å². The van der Waals surface area contributed by atoms with Crippen molar-refractivity contribution in [2.45, 2.75) is 26.1 Å². The van der Waals surface area contributed by atoms with Gasteiger partial charge in [0.05, 0.1) is 5.92 Å². The molecule has 6 nitrogen and oxygen atoms in total. The van der Waals surface area contributed by atoms with E-state index in [0.717, 1.165) is 12.1 Å². The molecule has 0 saturated carbocycles. The Balaban J connectivity index is 2.54. The van der Waals surface area contributed by atoms with Crippen LogP contribution in [-0.4, -0.2) is 59.0 Å². The lowest BCUT2D eigenvalue weighted by molar-refractivity contribution is -0.142. The summed E-state index contributed by atoms with van der Waals surface area (Å²) in [5, 5.41) is 27.1. The third-order valence-electron chi connectivity index (χ3n) is 3.83. The van der Waals surface area contributed by atoms with Crippen LogP contribution < -0.4 is 0 Å². The summed E-state index contributed by atoms with van der Waals surface area (Å²) in [5.74, 6) is -1.11. The highest BCUT2D eigenvalue weighted by molar-refractivity contribution is 6.40. The highest BCUT2D eigenvalue weighted by Gasteiger charge is 2.37. The average Bonchev–Trinajstić information content (AvgIpc) is 2.81. The normalized spacial score (nSPS) is 23.1. The zero-order valence-corrected chi connectivity index (χ0v) is 13.1. The van der Waals surface area contributed by atoms with Gasteiger partial charge in [0.15, 0.2) is 0 Å². The standard InChI is InChI=1S/C15H25BN2O4/c1-3-7-17-8-12(2)9-18-10-13(5-4-6-16(21)22)14(11-18)15(19)20/h3,7-8,13-14,21-22H,1,4-6,9-11H2,2H3,(H,19,20)/b12-8+,17-7?. The Hall–Kier alpha value is -1.44. The topological polar surface area (TPSA) is 93.4 Å². The molecule has 2 unspecified atom stereocenters. The van der Waals surface area contributed by atoms with E-state index in [2.05, 4.69) is 16.5 Å². The lowest BCUT2D eigenvalue weighted by Crippen LogP contribution is -2.25. The first-order chi connectivity index (χ1) is 10.4. The van der Waals surface area contributed by atoms with Crippen LogP contribution in [0.15, 0.2) is 29.4 Å². The van der Waals surface area contributed by atoms with Crippen LogP contribution in [0.3, 0.4) is 0 Å². The minimum atomic E-state index is -1.31. The number of carboxylic acids is 1. The maximum absolute atomic E-state index is 11.4. The molecule has 122 valence electrons. The molecular formula is C15H25BN2O4. The van der Waals surface area contributed by atoms with Gasteiger partial charge in [-0.05, 0) is 31.2 Å². The summed E-state index contributed by atoms with van der Waals surface area (Å²) in [6.45, 7) is 7.45. The molecule has 0 amide bonds. The summed E-state index contributed by atoms with van der Waals surface area (Å²) in [6, 6.07) is 0. The molecule has 22 heavy (non-hydrogen) atoms. The van der Waals surface area contributed by atoms with E-state index in [-0.39, 0.29) is 18.2 Å². The van der Waals surface area contributed by atoms with Gasteiger partial charge >= 0.3 is 13.1 Å². The van der Waals surface area contributed by atoms with Crippen molar-refractivity contribution in [3.63, 3.8) is 0 Å². The lowest BCUT2D eigenvalue weighted by atomic mass is 9.80. The zero-order chi connectivity index (χ0) is 16.5. The Morgan fingerprint density at radius 3 is 2.77 bits per heavy atom. The highest BCUT2D eigenvalue weighted by atomic mass is 16.4. The molecule has 0 aromatic heterocycles. The summed E-state index contributed by atoms with van der Waals surface area (Å²) in [5.41, 5.74) is 1.06. The summed E-state index contributed by atoms with van der Waals surface area (Å²) in [6.07, 6.45) is 6.58. The molecule has 2 atom stereocenters. The number of carbonyl (C=O) groups is 1. The minimum Gasteiger partial charge on any atom is -0.481 e. The molecule has 1 fully saturated rings. The number of aliphatic imine (C=N–C) groups is 1. The number of hydrogen-bond acceptors (Lipinski definition) is 5. The van der Waals surface area contributed by atoms with Crippen molar-refractivity contribution in [2.24, 2.45) is 16.8 Å². The summed E-state index contributed by atoms with van der Waals surface area (Å²) in [7, 11) is -1.31. The number of nitrogens with zero attached hydrogens (tertiary/aromatic N) is 2. The fourth-order valence-electron chi connectivity index (χ4n) is 2.85. The predicted octanol–water partition coefficient (Wildman–Crippen LogP) is 1.03. The van der Waals surface area contributed by atoms with Gasteiger partial charge in [0.2, 0.25) is 0 Å². The summed E-state index contributed by atoms with van der Waals surface area (Å²) >= 11 is 0. The molecule has 1 rings (SSSR count). The Kier molecular flexibility index (Phi) is 8.08. The molecule has 1 aliphatic rings. The molecule has 0 bridgehead atoms. The Morgan fingerprint density at radius 2 is 2.18 bits per heavy atom. The van der Waals surface area contributed by atoms with Crippen LogP contribution in [0.2, 0.25) is 6.32 Å². The Bertz CT molecular complexity index is 437. The van der Waals surface area contributed by atoms with Crippen LogP contribution >= 0.6 is 0 Å². The van der Waals surface area contributed by atoms with Crippen LogP contribution in [0.5, 0.6) is 0 Å². The van der Waals surface area contributed by atoms with E-state index < -0.39 is 13.1 Å². The fourth-order valence-corrected chi connectivity index (χ4v) is 2.85. The smallest absolute Gasteiger partial charge is 0.451 e. The quantitative estimate of drug-likeness (QED) is 0.437. The molecule has 7 heteroatoms. The van der Waals surface area contributed by atoms with Crippen molar-refractivity contribution in [1.29, 1.82) is 0 Å². The number of allylic oxidation sites excluding steroid dienone is 1.